The van der Waals surface area contributed by atoms with E-state index in [2.05, 4.69) is 21.2 Å². The van der Waals surface area contributed by atoms with Crippen molar-refractivity contribution in [3.05, 3.63) is 34.1 Å². The zero-order valence-corrected chi connectivity index (χ0v) is 12.7. The highest BCUT2D eigenvalue weighted by atomic mass is 79.9. The van der Waals surface area contributed by atoms with E-state index in [1.807, 2.05) is 0 Å². The van der Waals surface area contributed by atoms with Crippen molar-refractivity contribution in [3.63, 3.8) is 0 Å². The number of benzene rings is 1. The molecule has 0 saturated carbocycles. The maximum absolute atomic E-state index is 13.3. The van der Waals surface area contributed by atoms with Crippen LogP contribution in [0.15, 0.2) is 22.7 Å². The number of esters is 1. The highest BCUT2D eigenvalue weighted by molar-refractivity contribution is 9.10. The van der Waals surface area contributed by atoms with Crippen molar-refractivity contribution in [3.8, 4) is 0 Å². The smallest absolute Gasteiger partial charge is 0.330 e. The third-order valence-corrected chi connectivity index (χ3v) is 3.48. The van der Waals surface area contributed by atoms with E-state index in [1.54, 1.807) is 26.2 Å². The van der Waals surface area contributed by atoms with Crippen LogP contribution >= 0.6 is 15.9 Å². The van der Waals surface area contributed by atoms with Gasteiger partial charge in [-0.2, -0.15) is 0 Å². The van der Waals surface area contributed by atoms with Crippen LogP contribution in [0.25, 0.3) is 0 Å². The quantitative estimate of drug-likeness (QED) is 0.640. The molecule has 1 atom stereocenters. The van der Waals surface area contributed by atoms with Crippen molar-refractivity contribution < 1.29 is 18.7 Å². The molecule has 1 unspecified atom stereocenters. The normalized spacial score (nSPS) is 13.9. The van der Waals surface area contributed by atoms with Gasteiger partial charge in [-0.1, -0.05) is 6.07 Å². The van der Waals surface area contributed by atoms with E-state index in [-0.39, 0.29) is 5.82 Å². The Balaban J connectivity index is 3.07. The maximum Gasteiger partial charge on any atom is 0.330 e. The molecular formula is C13H17BrFNO3. The predicted molar refractivity (Wildman–Crippen MR) is 73.3 cm³/mol. The van der Waals surface area contributed by atoms with Crippen LogP contribution in [0.2, 0.25) is 0 Å². The number of rotatable bonds is 6. The van der Waals surface area contributed by atoms with Crippen molar-refractivity contribution in [1.82, 2.24) is 5.32 Å². The lowest BCUT2D eigenvalue weighted by atomic mass is 9.92. The average molecular weight is 334 g/mol. The summed E-state index contributed by atoms with van der Waals surface area (Å²) in [6, 6.07) is 4.42. The molecule has 0 heterocycles. The topological polar surface area (TPSA) is 47.6 Å². The lowest BCUT2D eigenvalue weighted by Gasteiger charge is -2.28. The highest BCUT2D eigenvalue weighted by Crippen LogP contribution is 2.26. The van der Waals surface area contributed by atoms with Crippen molar-refractivity contribution in [1.29, 1.82) is 0 Å². The summed E-state index contributed by atoms with van der Waals surface area (Å²) in [7, 11) is 2.89. The highest BCUT2D eigenvalue weighted by Gasteiger charge is 2.36. The van der Waals surface area contributed by atoms with E-state index in [0.29, 0.717) is 23.2 Å². The van der Waals surface area contributed by atoms with Crippen molar-refractivity contribution >= 4 is 21.9 Å². The Morgan fingerprint density at radius 3 is 2.68 bits per heavy atom. The summed E-state index contributed by atoms with van der Waals surface area (Å²) < 4.78 is 23.3. The number of halogens is 2. The molecule has 19 heavy (non-hydrogen) atoms. The van der Waals surface area contributed by atoms with Crippen LogP contribution in [0.5, 0.6) is 0 Å². The van der Waals surface area contributed by atoms with Crippen LogP contribution in [0.1, 0.15) is 12.5 Å². The Labute approximate surface area is 120 Å². The number of hydrogen-bond donors (Lipinski definition) is 1. The van der Waals surface area contributed by atoms with Gasteiger partial charge in [0.15, 0.2) is 0 Å². The fraction of sp³-hybridized carbons (Fsp3) is 0.462. The molecule has 0 aromatic heterocycles. The third kappa shape index (κ3) is 3.75. The van der Waals surface area contributed by atoms with Gasteiger partial charge in [-0.15, -0.1) is 0 Å². The van der Waals surface area contributed by atoms with Gasteiger partial charge in [0.2, 0.25) is 0 Å². The van der Waals surface area contributed by atoms with Gasteiger partial charge in [-0.3, -0.25) is 5.32 Å². The van der Waals surface area contributed by atoms with E-state index in [4.69, 9.17) is 9.47 Å². The maximum atomic E-state index is 13.3. The fourth-order valence-electron chi connectivity index (χ4n) is 1.71. The first-order valence-corrected chi connectivity index (χ1v) is 6.53. The monoisotopic (exact) mass is 333 g/mol. The minimum Gasteiger partial charge on any atom is -0.467 e. The zero-order valence-electron chi connectivity index (χ0n) is 11.1. The molecule has 1 N–H and O–H groups in total. The van der Waals surface area contributed by atoms with Crippen LogP contribution in [-0.4, -0.2) is 33.3 Å². The number of carbonyl (C=O) groups excluding carboxylic acids is 1. The van der Waals surface area contributed by atoms with E-state index in [1.165, 1.54) is 13.2 Å². The van der Waals surface area contributed by atoms with Crippen LogP contribution in [0.4, 0.5) is 4.39 Å². The second-order valence-electron chi connectivity index (χ2n) is 4.17. The van der Waals surface area contributed by atoms with Gasteiger partial charge in [-0.05, 0) is 40.5 Å². The van der Waals surface area contributed by atoms with Crippen molar-refractivity contribution in [2.45, 2.75) is 12.5 Å². The summed E-state index contributed by atoms with van der Waals surface area (Å²) >= 11 is 3.11. The molecule has 0 amide bonds. The number of methoxy groups -OCH3 is 2. The summed E-state index contributed by atoms with van der Waals surface area (Å²) in [5.41, 5.74) is -0.438. The van der Waals surface area contributed by atoms with Gasteiger partial charge in [0.1, 0.15) is 11.4 Å². The van der Waals surface area contributed by atoms with Gasteiger partial charge < -0.3 is 9.47 Å². The molecule has 0 aliphatic carbocycles. The molecule has 1 aromatic rings. The van der Waals surface area contributed by atoms with Crippen molar-refractivity contribution in [2.75, 3.05) is 27.4 Å². The van der Waals surface area contributed by atoms with E-state index in [0.717, 1.165) is 0 Å². The fourth-order valence-corrected chi connectivity index (χ4v) is 2.09. The van der Waals surface area contributed by atoms with Crippen LogP contribution in [0, 0.1) is 5.82 Å². The Morgan fingerprint density at radius 2 is 2.16 bits per heavy atom. The largest absolute Gasteiger partial charge is 0.467 e. The molecule has 106 valence electrons. The molecule has 4 nitrogen and oxygen atoms in total. The van der Waals surface area contributed by atoms with Gasteiger partial charge >= 0.3 is 5.97 Å². The Bertz CT molecular complexity index is 456. The Kier molecular flexibility index (Phi) is 5.90. The van der Waals surface area contributed by atoms with Crippen LogP contribution in [0.3, 0.4) is 0 Å². The van der Waals surface area contributed by atoms with Gasteiger partial charge in [0.25, 0.3) is 0 Å². The second-order valence-corrected chi connectivity index (χ2v) is 5.02. The summed E-state index contributed by atoms with van der Waals surface area (Å²) in [4.78, 5) is 12.0. The van der Waals surface area contributed by atoms with E-state index in [9.17, 15) is 9.18 Å². The number of nitrogens with one attached hydrogen (secondary N) is 1. The van der Waals surface area contributed by atoms with Crippen molar-refractivity contribution in [2.24, 2.45) is 0 Å². The summed E-state index contributed by atoms with van der Waals surface area (Å²) in [6.45, 7) is 2.61. The average Bonchev–Trinajstić information content (AvgIpc) is 2.40. The molecule has 1 aromatic carbocycles. The first-order valence-electron chi connectivity index (χ1n) is 5.73. The predicted octanol–water partition coefficient (Wildman–Crippen LogP) is 2.21. The molecule has 1 rings (SSSR count). The third-order valence-electron chi connectivity index (χ3n) is 2.88. The number of ether oxygens (including phenoxy) is 2. The van der Waals surface area contributed by atoms with Crippen LogP contribution < -0.4 is 5.32 Å². The lowest BCUT2D eigenvalue weighted by molar-refractivity contribution is -0.148. The molecule has 0 radical (unpaired) electrons. The molecule has 0 spiro atoms. The van der Waals surface area contributed by atoms with E-state index >= 15 is 0 Å². The number of carbonyl (C=O) groups is 1. The number of hydrogen-bond acceptors (Lipinski definition) is 4. The summed E-state index contributed by atoms with van der Waals surface area (Å²) in [6.07, 6.45) is 0. The van der Waals surface area contributed by atoms with Gasteiger partial charge in [-0.25, -0.2) is 9.18 Å². The van der Waals surface area contributed by atoms with Gasteiger partial charge in [0, 0.05) is 13.7 Å². The zero-order chi connectivity index (χ0) is 14.5. The Morgan fingerprint density at radius 1 is 1.47 bits per heavy atom. The first-order chi connectivity index (χ1) is 8.95. The minimum atomic E-state index is -1.05. The second kappa shape index (κ2) is 6.98. The minimum absolute atomic E-state index is 0.300. The lowest BCUT2D eigenvalue weighted by Crippen LogP contribution is -2.48. The SMILES string of the molecule is COCCNC(C)(C(=O)OC)c1ccc(F)c(Br)c1. The molecular weight excluding hydrogens is 317 g/mol. The molecule has 6 heteroatoms. The standard InChI is InChI=1S/C13H17BrFNO3/c1-13(12(17)19-3,16-6-7-18-2)9-4-5-11(15)10(14)8-9/h4-5,8,16H,6-7H2,1-3H3. The van der Waals surface area contributed by atoms with E-state index < -0.39 is 11.5 Å². The molecule has 0 bridgehead atoms. The summed E-state index contributed by atoms with van der Waals surface area (Å²) in [5, 5.41) is 3.07. The molecule has 0 aliphatic rings. The molecule has 0 aliphatic heterocycles. The Hall–Kier alpha value is -0.980. The summed E-state index contributed by atoms with van der Waals surface area (Å²) in [5.74, 6) is -0.824. The van der Waals surface area contributed by atoms with Crippen LogP contribution in [-0.2, 0) is 19.8 Å². The van der Waals surface area contributed by atoms with Gasteiger partial charge in [0.05, 0.1) is 18.2 Å². The molecule has 0 saturated heterocycles. The first kappa shape index (κ1) is 16.1. The molecule has 0 fully saturated rings.